The SMILES string of the molecule is Oc1cc(Cl)c(C2CC2)c(-c2nc3c4c(nc(OC[C@]56CCCN5C[C@@H](F)C6)nc4c2F)N2CC4CCC(N4)[C@H]2CO3)c1. The van der Waals surface area contributed by atoms with Crippen molar-refractivity contribution in [2.24, 2.45) is 0 Å². The summed E-state index contributed by atoms with van der Waals surface area (Å²) in [5.41, 5.74) is 0.920. The van der Waals surface area contributed by atoms with Crippen molar-refractivity contribution in [1.29, 1.82) is 0 Å². The summed E-state index contributed by atoms with van der Waals surface area (Å²) in [7, 11) is 0. The smallest absolute Gasteiger partial charge is 0.319 e. The van der Waals surface area contributed by atoms with Gasteiger partial charge in [-0.15, -0.1) is 0 Å². The van der Waals surface area contributed by atoms with Crippen LogP contribution in [0.3, 0.4) is 0 Å². The van der Waals surface area contributed by atoms with Crippen molar-refractivity contribution in [3.05, 3.63) is 28.5 Å². The van der Waals surface area contributed by atoms with Crippen LogP contribution in [0.25, 0.3) is 22.2 Å². The molecule has 3 aromatic rings. The van der Waals surface area contributed by atoms with Gasteiger partial charge in [-0.3, -0.25) is 4.90 Å². The lowest BCUT2D eigenvalue weighted by atomic mass is 9.95. The van der Waals surface area contributed by atoms with Gasteiger partial charge in [-0.25, -0.2) is 13.8 Å². The zero-order valence-electron chi connectivity index (χ0n) is 23.7. The number of hydrogen-bond acceptors (Lipinski definition) is 9. The van der Waals surface area contributed by atoms with Crippen LogP contribution in [-0.2, 0) is 0 Å². The average molecular weight is 611 g/mol. The molecule has 9 rings (SSSR count). The molecule has 5 aliphatic heterocycles. The van der Waals surface area contributed by atoms with Crippen LogP contribution in [0.2, 0.25) is 5.02 Å². The largest absolute Gasteiger partial charge is 0.508 e. The van der Waals surface area contributed by atoms with E-state index in [0.717, 1.165) is 50.6 Å². The van der Waals surface area contributed by atoms with Gasteiger partial charge in [-0.05, 0) is 68.7 Å². The van der Waals surface area contributed by atoms with E-state index >= 15 is 4.39 Å². The van der Waals surface area contributed by atoms with E-state index in [2.05, 4.69) is 20.1 Å². The van der Waals surface area contributed by atoms with E-state index < -0.39 is 17.5 Å². The molecule has 0 spiro atoms. The first-order chi connectivity index (χ1) is 20.9. The molecule has 43 heavy (non-hydrogen) atoms. The number of nitrogens with zero attached hydrogens (tertiary/aromatic N) is 5. The number of anilines is 1. The number of benzene rings is 1. The molecule has 9 nitrogen and oxygen atoms in total. The standard InChI is InChI=1S/C31H33ClF2N6O3/c32-20-9-18(41)8-19(23(20)15-2-3-15)26-25(34)27-24-28(40-12-17-4-5-21(35-17)22(40)13-42-29(24)36-26)38-30(37-27)43-14-31-6-1-7-39(31)11-16(33)10-31/h8-9,15-17,21-22,35,41H,1-7,10-14H2/t16-,17?,21?,22+,31+/m0/s1. The molecular weight excluding hydrogens is 578 g/mol. The van der Waals surface area contributed by atoms with Gasteiger partial charge in [0, 0.05) is 42.2 Å². The Kier molecular flexibility index (Phi) is 5.82. The minimum absolute atomic E-state index is 0.0197. The molecule has 5 atom stereocenters. The van der Waals surface area contributed by atoms with Gasteiger partial charge < -0.3 is 24.8 Å². The second-order valence-corrected chi connectivity index (χ2v) is 13.6. The second kappa shape index (κ2) is 9.49. The van der Waals surface area contributed by atoms with Gasteiger partial charge in [0.05, 0.1) is 11.6 Å². The molecule has 1 aromatic carbocycles. The van der Waals surface area contributed by atoms with Crippen LogP contribution in [0.1, 0.15) is 56.4 Å². The van der Waals surface area contributed by atoms with Crippen molar-refractivity contribution in [1.82, 2.24) is 25.2 Å². The number of nitrogens with one attached hydrogen (secondary N) is 1. The van der Waals surface area contributed by atoms with E-state index in [1.165, 1.54) is 12.1 Å². The molecule has 7 heterocycles. The molecule has 2 aromatic heterocycles. The van der Waals surface area contributed by atoms with Gasteiger partial charge in [0.1, 0.15) is 47.5 Å². The van der Waals surface area contributed by atoms with E-state index in [-0.39, 0.29) is 53.5 Å². The van der Waals surface area contributed by atoms with Crippen LogP contribution in [0.4, 0.5) is 14.6 Å². The lowest BCUT2D eigenvalue weighted by Crippen LogP contribution is -2.60. The van der Waals surface area contributed by atoms with E-state index in [1.807, 2.05) is 0 Å². The Morgan fingerprint density at radius 1 is 1.16 bits per heavy atom. The fourth-order valence-corrected chi connectivity index (χ4v) is 8.76. The molecule has 4 saturated heterocycles. The van der Waals surface area contributed by atoms with Crippen molar-refractivity contribution >= 4 is 28.3 Å². The molecule has 0 radical (unpaired) electrons. The first-order valence-electron chi connectivity index (χ1n) is 15.5. The Morgan fingerprint density at radius 2 is 2.05 bits per heavy atom. The fraction of sp³-hybridized carbons (Fsp3) is 0.581. The minimum Gasteiger partial charge on any atom is -0.508 e. The molecule has 1 saturated carbocycles. The first-order valence-corrected chi connectivity index (χ1v) is 15.9. The number of phenols is 1. The number of aromatic hydroxyl groups is 1. The number of rotatable bonds is 5. The molecule has 2 bridgehead atoms. The maximum absolute atomic E-state index is 16.8. The second-order valence-electron chi connectivity index (χ2n) is 13.2. The monoisotopic (exact) mass is 610 g/mol. The molecular formula is C31H33ClF2N6O3. The topological polar surface area (TPSA) is 95.9 Å². The number of alkyl halides is 1. The Labute approximate surface area is 252 Å². The van der Waals surface area contributed by atoms with Crippen molar-refractivity contribution in [3.8, 4) is 28.9 Å². The fourth-order valence-electron chi connectivity index (χ4n) is 8.39. The predicted octanol–water partition coefficient (Wildman–Crippen LogP) is 4.72. The number of aromatic nitrogens is 3. The number of fused-ring (bicyclic) bond motifs is 6. The van der Waals surface area contributed by atoms with E-state index in [1.54, 1.807) is 0 Å². The lowest BCUT2D eigenvalue weighted by Gasteiger charge is -2.40. The summed E-state index contributed by atoms with van der Waals surface area (Å²) < 4.78 is 44.0. The summed E-state index contributed by atoms with van der Waals surface area (Å²) >= 11 is 6.60. The lowest BCUT2D eigenvalue weighted by molar-refractivity contribution is 0.107. The molecule has 6 aliphatic rings. The number of ether oxygens (including phenoxy) is 2. The third-order valence-electron chi connectivity index (χ3n) is 10.5. The number of phenolic OH excluding ortho intramolecular Hbond substituents is 1. The van der Waals surface area contributed by atoms with Crippen LogP contribution in [0, 0.1) is 5.82 Å². The van der Waals surface area contributed by atoms with E-state index in [4.69, 9.17) is 31.0 Å². The van der Waals surface area contributed by atoms with E-state index in [9.17, 15) is 9.50 Å². The third kappa shape index (κ3) is 4.10. The Bertz CT molecular complexity index is 1660. The van der Waals surface area contributed by atoms with Gasteiger partial charge >= 0.3 is 6.01 Å². The van der Waals surface area contributed by atoms with Gasteiger partial charge in [0.25, 0.3) is 0 Å². The van der Waals surface area contributed by atoms with Crippen molar-refractivity contribution in [3.63, 3.8) is 0 Å². The molecule has 5 fully saturated rings. The number of pyridine rings is 1. The Balaban J connectivity index is 1.21. The van der Waals surface area contributed by atoms with Gasteiger partial charge in [-0.2, -0.15) is 9.97 Å². The first kappa shape index (κ1) is 26.4. The van der Waals surface area contributed by atoms with Crippen LogP contribution >= 0.6 is 11.6 Å². The van der Waals surface area contributed by atoms with Crippen molar-refractivity contribution in [2.75, 3.05) is 37.7 Å². The number of piperazine rings is 1. The maximum atomic E-state index is 16.8. The van der Waals surface area contributed by atoms with E-state index in [0.29, 0.717) is 53.9 Å². The highest BCUT2D eigenvalue weighted by Gasteiger charge is 2.50. The Hall–Kier alpha value is -3.02. The van der Waals surface area contributed by atoms with Gasteiger partial charge in [0.15, 0.2) is 5.82 Å². The van der Waals surface area contributed by atoms with Crippen LogP contribution in [0.15, 0.2) is 12.1 Å². The Morgan fingerprint density at radius 3 is 2.91 bits per heavy atom. The molecule has 226 valence electrons. The summed E-state index contributed by atoms with van der Waals surface area (Å²) in [6.45, 7) is 2.56. The molecule has 2 unspecified atom stereocenters. The predicted molar refractivity (Wildman–Crippen MR) is 156 cm³/mol. The minimum atomic E-state index is -0.885. The highest BCUT2D eigenvalue weighted by atomic mass is 35.5. The third-order valence-corrected chi connectivity index (χ3v) is 10.8. The van der Waals surface area contributed by atoms with Crippen molar-refractivity contribution < 1.29 is 23.4 Å². The quantitative estimate of drug-likeness (QED) is 0.425. The normalized spacial score (nSPS) is 31.2. The molecule has 1 aliphatic carbocycles. The zero-order valence-corrected chi connectivity index (χ0v) is 24.4. The van der Waals surface area contributed by atoms with Crippen LogP contribution < -0.4 is 19.7 Å². The highest BCUT2D eigenvalue weighted by Crippen LogP contribution is 2.50. The summed E-state index contributed by atoms with van der Waals surface area (Å²) in [5.74, 6) is 0.292. The number of hydrogen-bond donors (Lipinski definition) is 2. The van der Waals surface area contributed by atoms with Gasteiger partial charge in [-0.1, -0.05) is 11.6 Å². The van der Waals surface area contributed by atoms with Crippen molar-refractivity contribution in [2.45, 2.75) is 80.7 Å². The molecule has 0 amide bonds. The number of halogens is 3. The van der Waals surface area contributed by atoms with Crippen LogP contribution in [0.5, 0.6) is 17.6 Å². The summed E-state index contributed by atoms with van der Waals surface area (Å²) in [6, 6.07) is 3.57. The highest BCUT2D eigenvalue weighted by molar-refractivity contribution is 6.32. The molecule has 2 N–H and O–H groups in total. The summed E-state index contributed by atoms with van der Waals surface area (Å²) in [6.07, 6.45) is 5.31. The molecule has 12 heteroatoms. The maximum Gasteiger partial charge on any atom is 0.319 e. The van der Waals surface area contributed by atoms with Crippen LogP contribution in [-0.4, -0.2) is 87.6 Å². The summed E-state index contributed by atoms with van der Waals surface area (Å²) in [5, 5.41) is 15.0. The zero-order chi connectivity index (χ0) is 29.0. The average Bonchev–Trinajstić information content (AvgIpc) is 3.56. The summed E-state index contributed by atoms with van der Waals surface area (Å²) in [4.78, 5) is 18.7. The van der Waals surface area contributed by atoms with Gasteiger partial charge in [0.2, 0.25) is 5.88 Å².